The number of aliphatic hydroxyl groups excluding tert-OH is 1. The second-order valence-corrected chi connectivity index (χ2v) is 6.26. The second-order valence-electron chi connectivity index (χ2n) is 6.26. The van der Waals surface area contributed by atoms with Gasteiger partial charge in [-0.15, -0.1) is 0 Å². The molecule has 0 saturated carbocycles. The van der Waals surface area contributed by atoms with E-state index in [4.69, 9.17) is 9.26 Å². The highest BCUT2D eigenvalue weighted by molar-refractivity contribution is 5.94. The van der Waals surface area contributed by atoms with E-state index >= 15 is 0 Å². The monoisotopic (exact) mass is 346 g/mol. The van der Waals surface area contributed by atoms with Crippen LogP contribution in [-0.4, -0.2) is 49.8 Å². The van der Waals surface area contributed by atoms with E-state index in [9.17, 15) is 9.90 Å². The van der Waals surface area contributed by atoms with E-state index < -0.39 is 12.1 Å². The van der Waals surface area contributed by atoms with Crippen LogP contribution in [0.5, 0.6) is 5.88 Å². The molecule has 0 spiro atoms. The maximum absolute atomic E-state index is 12.9. The van der Waals surface area contributed by atoms with Crippen molar-refractivity contribution < 1.29 is 19.2 Å². The maximum Gasteiger partial charge on any atom is 0.254 e. The Labute approximate surface area is 145 Å². The highest BCUT2D eigenvalue weighted by Gasteiger charge is 2.39. The van der Waals surface area contributed by atoms with Gasteiger partial charge < -0.3 is 19.3 Å². The molecule has 1 unspecified atom stereocenters. The van der Waals surface area contributed by atoms with Crippen molar-refractivity contribution in [1.82, 2.24) is 20.0 Å². The van der Waals surface area contributed by atoms with Crippen LogP contribution in [0.25, 0.3) is 0 Å². The fourth-order valence-electron chi connectivity index (χ4n) is 2.78. The van der Waals surface area contributed by atoms with Gasteiger partial charge in [-0.3, -0.25) is 4.79 Å². The van der Waals surface area contributed by atoms with Crippen LogP contribution < -0.4 is 4.74 Å². The van der Waals surface area contributed by atoms with Crippen LogP contribution in [0.4, 0.5) is 0 Å². The quantitative estimate of drug-likeness (QED) is 0.882. The first-order valence-corrected chi connectivity index (χ1v) is 8.39. The Morgan fingerprint density at radius 3 is 3.04 bits per heavy atom. The lowest BCUT2D eigenvalue weighted by Crippen LogP contribution is -2.32. The van der Waals surface area contributed by atoms with Crippen molar-refractivity contribution in [3.8, 4) is 5.88 Å². The Bertz CT molecular complexity index is 748. The number of nitrogens with zero attached hydrogens (tertiary/aromatic N) is 4. The van der Waals surface area contributed by atoms with Gasteiger partial charge in [-0.1, -0.05) is 12.1 Å². The van der Waals surface area contributed by atoms with Crippen molar-refractivity contribution >= 4 is 5.91 Å². The van der Waals surface area contributed by atoms with Crippen LogP contribution in [0, 0.1) is 6.92 Å². The number of aliphatic hydroxyl groups is 1. The van der Waals surface area contributed by atoms with E-state index in [0.29, 0.717) is 29.6 Å². The molecule has 1 amide bonds. The first-order chi connectivity index (χ1) is 12.0. The van der Waals surface area contributed by atoms with Crippen molar-refractivity contribution in [1.29, 1.82) is 0 Å². The van der Waals surface area contributed by atoms with Crippen LogP contribution in [0.3, 0.4) is 0 Å². The molecular formula is C17H22N4O4. The van der Waals surface area contributed by atoms with Crippen molar-refractivity contribution in [2.24, 2.45) is 0 Å². The van der Waals surface area contributed by atoms with E-state index in [-0.39, 0.29) is 18.6 Å². The van der Waals surface area contributed by atoms with Gasteiger partial charge >= 0.3 is 0 Å². The van der Waals surface area contributed by atoms with Crippen molar-refractivity contribution in [2.75, 3.05) is 6.54 Å². The lowest BCUT2D eigenvalue weighted by Gasteiger charge is -2.22. The SMILES string of the molecule is CCC(C)Oc1cc(C(=O)N2C[C@@H](O)C[C@@H]2c2nc(C)no2)ccn1. The van der Waals surface area contributed by atoms with Gasteiger partial charge in [0, 0.05) is 30.8 Å². The van der Waals surface area contributed by atoms with Crippen LogP contribution in [-0.2, 0) is 0 Å². The summed E-state index contributed by atoms with van der Waals surface area (Å²) in [5.41, 5.74) is 0.448. The van der Waals surface area contributed by atoms with Gasteiger partial charge in [-0.05, 0) is 26.3 Å². The third kappa shape index (κ3) is 3.79. The van der Waals surface area contributed by atoms with Gasteiger partial charge in [0.2, 0.25) is 11.8 Å². The van der Waals surface area contributed by atoms with Crippen LogP contribution >= 0.6 is 0 Å². The maximum atomic E-state index is 12.9. The van der Waals surface area contributed by atoms with Crippen molar-refractivity contribution in [2.45, 2.75) is 51.9 Å². The van der Waals surface area contributed by atoms with Gasteiger partial charge in [0.25, 0.3) is 5.91 Å². The average Bonchev–Trinajstić information content (AvgIpc) is 3.20. The number of ether oxygens (including phenoxy) is 1. The molecule has 1 saturated heterocycles. The number of β-amino-alcohol motifs (C(OH)–C–C–N with tert-alkyl or cyclic N) is 1. The molecule has 8 heteroatoms. The highest BCUT2D eigenvalue weighted by atomic mass is 16.5. The number of aromatic nitrogens is 3. The molecule has 2 aromatic heterocycles. The summed E-state index contributed by atoms with van der Waals surface area (Å²) in [5.74, 6) is 1.02. The molecule has 2 aromatic rings. The van der Waals surface area contributed by atoms with Gasteiger partial charge in [0.05, 0.1) is 12.2 Å². The topological polar surface area (TPSA) is 102 Å². The summed E-state index contributed by atoms with van der Waals surface area (Å²) < 4.78 is 10.9. The van der Waals surface area contributed by atoms with Gasteiger partial charge in [-0.2, -0.15) is 4.98 Å². The molecule has 0 aromatic carbocycles. The van der Waals surface area contributed by atoms with Crippen molar-refractivity contribution in [3.05, 3.63) is 35.6 Å². The average molecular weight is 346 g/mol. The number of pyridine rings is 1. The zero-order valence-electron chi connectivity index (χ0n) is 14.5. The molecule has 8 nitrogen and oxygen atoms in total. The Morgan fingerprint density at radius 1 is 1.56 bits per heavy atom. The Hall–Kier alpha value is -2.48. The summed E-state index contributed by atoms with van der Waals surface area (Å²) in [4.78, 5) is 22.8. The Balaban J connectivity index is 1.82. The smallest absolute Gasteiger partial charge is 0.254 e. The molecule has 1 fully saturated rings. The standard InChI is InChI=1S/C17H22N4O4/c1-4-10(2)24-15-7-12(5-6-18-15)17(23)21-9-13(22)8-14(21)16-19-11(3)20-25-16/h5-7,10,13-14,22H,4,8-9H2,1-3H3/t10?,13-,14+/m0/s1. The summed E-state index contributed by atoms with van der Waals surface area (Å²) in [6, 6.07) is 2.82. The number of rotatable bonds is 5. The molecule has 3 rings (SSSR count). The summed E-state index contributed by atoms with van der Waals surface area (Å²) in [5, 5.41) is 13.8. The predicted molar refractivity (Wildman–Crippen MR) is 88.1 cm³/mol. The zero-order valence-corrected chi connectivity index (χ0v) is 14.5. The second kappa shape index (κ2) is 7.18. The van der Waals surface area contributed by atoms with Gasteiger partial charge in [0.1, 0.15) is 6.04 Å². The molecule has 134 valence electrons. The number of hydrogen-bond donors (Lipinski definition) is 1. The number of carbonyl (C=O) groups is 1. The largest absolute Gasteiger partial charge is 0.475 e. The Morgan fingerprint density at radius 2 is 2.36 bits per heavy atom. The minimum atomic E-state index is -0.626. The third-order valence-corrected chi connectivity index (χ3v) is 4.25. The van der Waals surface area contributed by atoms with Gasteiger partial charge in [0.15, 0.2) is 5.82 Å². The molecule has 0 bridgehead atoms. The van der Waals surface area contributed by atoms with Crippen LogP contribution in [0.15, 0.2) is 22.9 Å². The molecule has 1 aliphatic rings. The number of hydrogen-bond acceptors (Lipinski definition) is 7. The van der Waals surface area contributed by atoms with E-state index in [2.05, 4.69) is 15.1 Å². The summed E-state index contributed by atoms with van der Waals surface area (Å²) in [6.07, 6.45) is 2.15. The number of aryl methyl sites for hydroxylation is 1. The minimum Gasteiger partial charge on any atom is -0.475 e. The van der Waals surface area contributed by atoms with Gasteiger partial charge in [-0.25, -0.2) is 4.98 Å². The zero-order chi connectivity index (χ0) is 18.0. The van der Waals surface area contributed by atoms with Crippen LogP contribution in [0.1, 0.15) is 54.8 Å². The number of amides is 1. The first-order valence-electron chi connectivity index (χ1n) is 8.39. The minimum absolute atomic E-state index is 0.0144. The normalized spacial score (nSPS) is 21.4. The summed E-state index contributed by atoms with van der Waals surface area (Å²) in [6.45, 7) is 5.89. The lowest BCUT2D eigenvalue weighted by molar-refractivity contribution is 0.0692. The van der Waals surface area contributed by atoms with E-state index in [1.807, 2.05) is 13.8 Å². The third-order valence-electron chi connectivity index (χ3n) is 4.25. The fourth-order valence-corrected chi connectivity index (χ4v) is 2.78. The first kappa shape index (κ1) is 17.3. The molecule has 0 radical (unpaired) electrons. The molecule has 1 N–H and O–H groups in total. The van der Waals surface area contributed by atoms with E-state index in [1.165, 1.54) is 0 Å². The summed E-state index contributed by atoms with van der Waals surface area (Å²) in [7, 11) is 0. The van der Waals surface area contributed by atoms with Crippen molar-refractivity contribution in [3.63, 3.8) is 0 Å². The molecule has 25 heavy (non-hydrogen) atoms. The Kier molecular flexibility index (Phi) is 4.98. The predicted octanol–water partition coefficient (Wildman–Crippen LogP) is 1.90. The number of likely N-dealkylation sites (tertiary alicyclic amines) is 1. The molecule has 3 heterocycles. The molecule has 0 aliphatic carbocycles. The number of carbonyl (C=O) groups excluding carboxylic acids is 1. The molecular weight excluding hydrogens is 324 g/mol. The lowest BCUT2D eigenvalue weighted by atomic mass is 10.2. The van der Waals surface area contributed by atoms with E-state index in [1.54, 1.807) is 30.2 Å². The fraction of sp³-hybridized carbons (Fsp3) is 0.529. The highest BCUT2D eigenvalue weighted by Crippen LogP contribution is 2.32. The summed E-state index contributed by atoms with van der Waals surface area (Å²) >= 11 is 0. The van der Waals surface area contributed by atoms with Crippen LogP contribution in [0.2, 0.25) is 0 Å². The van der Waals surface area contributed by atoms with E-state index in [0.717, 1.165) is 6.42 Å². The molecule has 1 aliphatic heterocycles. The molecule has 3 atom stereocenters.